The van der Waals surface area contributed by atoms with Crippen LogP contribution in [0.1, 0.15) is 29.5 Å². The third-order valence-electron chi connectivity index (χ3n) is 5.18. The highest BCUT2D eigenvalue weighted by atomic mass is 35.5. The number of carbonyl (C=O) groups is 2. The van der Waals surface area contributed by atoms with Crippen LogP contribution in [0.3, 0.4) is 0 Å². The van der Waals surface area contributed by atoms with Crippen molar-refractivity contribution >= 4 is 40.9 Å². The van der Waals surface area contributed by atoms with Gasteiger partial charge in [-0.2, -0.15) is 0 Å². The number of para-hydroxylation sites is 2. The Labute approximate surface area is 212 Å². The first-order valence-corrected chi connectivity index (χ1v) is 12.4. The van der Waals surface area contributed by atoms with E-state index in [9.17, 15) is 9.59 Å². The molecular weight excluding hydrogens is 482 g/mol. The number of amides is 2. The Balaban J connectivity index is 1.54. The first-order valence-electron chi connectivity index (χ1n) is 11.1. The zero-order valence-electron chi connectivity index (χ0n) is 19.0. The van der Waals surface area contributed by atoms with Gasteiger partial charge in [-0.25, -0.2) is 0 Å². The fraction of sp³-hybridized carbons (Fsp3) is 0.154. The molecule has 0 bridgehead atoms. The van der Waals surface area contributed by atoms with E-state index in [-0.39, 0.29) is 23.6 Å². The SMILES string of the molecule is CC[C@H](Sc1nnc(CNC(=O)c2ccc(Cl)cc2)n1-c1ccccc1)C(=O)Nc1ccccc1. The third kappa shape index (κ3) is 6.29. The van der Waals surface area contributed by atoms with Crippen molar-refractivity contribution in [2.45, 2.75) is 30.3 Å². The molecule has 4 aromatic rings. The average Bonchev–Trinajstić information content (AvgIpc) is 3.29. The number of nitrogens with zero attached hydrogens (tertiary/aromatic N) is 3. The number of aromatic nitrogens is 3. The van der Waals surface area contributed by atoms with Gasteiger partial charge < -0.3 is 10.6 Å². The minimum absolute atomic E-state index is 0.107. The zero-order chi connectivity index (χ0) is 24.6. The number of hydrogen-bond acceptors (Lipinski definition) is 5. The molecule has 0 saturated carbocycles. The number of hydrogen-bond donors (Lipinski definition) is 2. The summed E-state index contributed by atoms with van der Waals surface area (Å²) in [5.74, 6) is 0.204. The molecular formula is C26H24ClN5O2S. The van der Waals surface area contributed by atoms with E-state index in [4.69, 9.17) is 11.6 Å². The Hall–Kier alpha value is -3.62. The number of anilines is 1. The van der Waals surface area contributed by atoms with Crippen LogP contribution in [-0.2, 0) is 11.3 Å². The Morgan fingerprint density at radius 2 is 1.60 bits per heavy atom. The summed E-state index contributed by atoms with van der Waals surface area (Å²) in [7, 11) is 0. The molecule has 178 valence electrons. The topological polar surface area (TPSA) is 88.9 Å². The number of rotatable bonds is 9. The van der Waals surface area contributed by atoms with Gasteiger partial charge in [0.15, 0.2) is 11.0 Å². The molecule has 2 N–H and O–H groups in total. The van der Waals surface area contributed by atoms with Crippen LogP contribution in [0.5, 0.6) is 0 Å². The van der Waals surface area contributed by atoms with E-state index in [2.05, 4.69) is 20.8 Å². The van der Waals surface area contributed by atoms with Crippen LogP contribution < -0.4 is 10.6 Å². The molecule has 1 atom stereocenters. The van der Waals surface area contributed by atoms with Gasteiger partial charge in [-0.15, -0.1) is 10.2 Å². The molecule has 0 aliphatic rings. The van der Waals surface area contributed by atoms with Crippen molar-refractivity contribution in [3.8, 4) is 5.69 Å². The van der Waals surface area contributed by atoms with E-state index in [0.29, 0.717) is 28.0 Å². The summed E-state index contributed by atoms with van der Waals surface area (Å²) >= 11 is 7.26. The van der Waals surface area contributed by atoms with Gasteiger partial charge >= 0.3 is 0 Å². The maximum absolute atomic E-state index is 12.9. The average molecular weight is 506 g/mol. The highest BCUT2D eigenvalue weighted by molar-refractivity contribution is 8.00. The summed E-state index contributed by atoms with van der Waals surface area (Å²) < 4.78 is 1.87. The minimum Gasteiger partial charge on any atom is -0.345 e. The fourth-order valence-electron chi connectivity index (χ4n) is 3.38. The third-order valence-corrected chi connectivity index (χ3v) is 6.74. The number of carbonyl (C=O) groups excluding carboxylic acids is 2. The van der Waals surface area contributed by atoms with Crippen LogP contribution in [0, 0.1) is 0 Å². The lowest BCUT2D eigenvalue weighted by molar-refractivity contribution is -0.115. The predicted octanol–water partition coefficient (Wildman–Crippen LogP) is 5.36. The molecule has 0 saturated heterocycles. The van der Waals surface area contributed by atoms with E-state index < -0.39 is 0 Å². The van der Waals surface area contributed by atoms with Gasteiger partial charge in [0.1, 0.15) is 0 Å². The van der Waals surface area contributed by atoms with Gasteiger partial charge in [-0.3, -0.25) is 14.2 Å². The van der Waals surface area contributed by atoms with E-state index in [0.717, 1.165) is 11.4 Å². The maximum Gasteiger partial charge on any atom is 0.251 e. The second-order valence-electron chi connectivity index (χ2n) is 7.63. The molecule has 1 heterocycles. The summed E-state index contributed by atoms with van der Waals surface area (Å²) in [5.41, 5.74) is 2.08. The van der Waals surface area contributed by atoms with Gasteiger partial charge in [0.2, 0.25) is 5.91 Å². The van der Waals surface area contributed by atoms with Gasteiger partial charge in [0, 0.05) is 22.0 Å². The monoisotopic (exact) mass is 505 g/mol. The van der Waals surface area contributed by atoms with E-state index in [1.165, 1.54) is 11.8 Å². The standard InChI is InChI=1S/C26H24ClN5O2S/c1-2-22(25(34)29-20-9-5-3-6-10-20)35-26-31-30-23(32(26)21-11-7-4-8-12-21)17-28-24(33)18-13-15-19(27)16-14-18/h3-16,22H,2,17H2,1H3,(H,28,33)(H,29,34)/t22-/m0/s1. The molecule has 9 heteroatoms. The van der Waals surface area contributed by atoms with Gasteiger partial charge in [0.05, 0.1) is 11.8 Å². The molecule has 0 radical (unpaired) electrons. The van der Waals surface area contributed by atoms with Crippen LogP contribution in [0.4, 0.5) is 5.69 Å². The zero-order valence-corrected chi connectivity index (χ0v) is 20.6. The first-order chi connectivity index (χ1) is 17.0. The second kappa shape index (κ2) is 11.7. The predicted molar refractivity (Wildman–Crippen MR) is 139 cm³/mol. The van der Waals surface area contributed by atoms with Gasteiger partial charge in [0.25, 0.3) is 5.91 Å². The molecule has 2 amide bonds. The number of nitrogens with one attached hydrogen (secondary N) is 2. The summed E-state index contributed by atoms with van der Waals surface area (Å²) in [6, 6.07) is 25.6. The molecule has 0 unspecified atom stereocenters. The van der Waals surface area contributed by atoms with Gasteiger partial charge in [-0.1, -0.05) is 66.7 Å². The molecule has 0 aliphatic carbocycles. The van der Waals surface area contributed by atoms with Crippen molar-refractivity contribution in [3.05, 3.63) is 101 Å². The summed E-state index contributed by atoms with van der Waals surface area (Å²) in [6.07, 6.45) is 0.605. The summed E-state index contributed by atoms with van der Waals surface area (Å²) in [4.78, 5) is 25.5. The van der Waals surface area contributed by atoms with Crippen molar-refractivity contribution < 1.29 is 9.59 Å². The van der Waals surface area contributed by atoms with E-state index >= 15 is 0 Å². The number of thioether (sulfide) groups is 1. The van der Waals surface area contributed by atoms with Crippen LogP contribution in [0.2, 0.25) is 5.02 Å². The number of halogens is 1. The molecule has 35 heavy (non-hydrogen) atoms. The van der Waals surface area contributed by atoms with Crippen LogP contribution in [0.25, 0.3) is 5.69 Å². The van der Waals surface area contributed by atoms with Crippen molar-refractivity contribution in [2.75, 3.05) is 5.32 Å². The largest absolute Gasteiger partial charge is 0.345 e. The van der Waals surface area contributed by atoms with Crippen molar-refractivity contribution in [3.63, 3.8) is 0 Å². The highest BCUT2D eigenvalue weighted by Gasteiger charge is 2.23. The normalized spacial score (nSPS) is 11.6. The Morgan fingerprint density at radius 3 is 2.26 bits per heavy atom. The van der Waals surface area contributed by atoms with Crippen LogP contribution >= 0.6 is 23.4 Å². The van der Waals surface area contributed by atoms with E-state index in [1.807, 2.05) is 72.2 Å². The maximum atomic E-state index is 12.9. The Bertz CT molecular complexity index is 1280. The Kier molecular flexibility index (Phi) is 8.18. The second-order valence-corrected chi connectivity index (χ2v) is 9.24. The molecule has 7 nitrogen and oxygen atoms in total. The van der Waals surface area contributed by atoms with Gasteiger partial charge in [-0.05, 0) is 55.0 Å². The summed E-state index contributed by atoms with van der Waals surface area (Å²) in [6.45, 7) is 2.12. The lowest BCUT2D eigenvalue weighted by atomic mass is 10.2. The molecule has 0 spiro atoms. The van der Waals surface area contributed by atoms with Crippen molar-refractivity contribution in [2.24, 2.45) is 0 Å². The molecule has 0 aliphatic heterocycles. The first kappa shape index (κ1) is 24.5. The highest BCUT2D eigenvalue weighted by Crippen LogP contribution is 2.28. The quantitative estimate of drug-likeness (QED) is 0.299. The molecule has 3 aromatic carbocycles. The molecule has 1 aromatic heterocycles. The minimum atomic E-state index is -0.377. The van der Waals surface area contributed by atoms with Crippen LogP contribution in [0.15, 0.2) is 90.1 Å². The fourth-order valence-corrected chi connectivity index (χ4v) is 4.50. The molecule has 4 rings (SSSR count). The van der Waals surface area contributed by atoms with Crippen molar-refractivity contribution in [1.82, 2.24) is 20.1 Å². The summed E-state index contributed by atoms with van der Waals surface area (Å²) in [5, 5.41) is 15.3. The molecule has 0 fully saturated rings. The van der Waals surface area contributed by atoms with Crippen molar-refractivity contribution in [1.29, 1.82) is 0 Å². The van der Waals surface area contributed by atoms with E-state index in [1.54, 1.807) is 24.3 Å². The van der Waals surface area contributed by atoms with Crippen LogP contribution in [-0.4, -0.2) is 31.8 Å². The lowest BCUT2D eigenvalue weighted by Gasteiger charge is -2.16. The Morgan fingerprint density at radius 1 is 0.943 bits per heavy atom. The lowest BCUT2D eigenvalue weighted by Crippen LogP contribution is -2.26. The number of benzene rings is 3. The smallest absolute Gasteiger partial charge is 0.251 e.